The van der Waals surface area contributed by atoms with Crippen molar-refractivity contribution in [2.24, 2.45) is 5.92 Å². The maximum atomic E-state index is 11.6. The summed E-state index contributed by atoms with van der Waals surface area (Å²) in [7, 11) is 0. The molecule has 7 heteroatoms. The van der Waals surface area contributed by atoms with Gasteiger partial charge in [-0.2, -0.15) is 0 Å². The van der Waals surface area contributed by atoms with Gasteiger partial charge in [0, 0.05) is 6.54 Å². The highest BCUT2D eigenvalue weighted by atomic mass is 16.6. The number of esters is 1. The molecule has 0 heterocycles. The molecule has 7 nitrogen and oxygen atoms in total. The number of hydrogen-bond donors (Lipinski definition) is 2. The number of carbonyl (C=O) groups excluding carboxylic acids is 3. The summed E-state index contributed by atoms with van der Waals surface area (Å²) in [4.78, 5) is 34.5. The zero-order valence-corrected chi connectivity index (χ0v) is 14.6. The lowest BCUT2D eigenvalue weighted by molar-refractivity contribution is -0.150. The van der Waals surface area contributed by atoms with Crippen molar-refractivity contribution >= 4 is 17.9 Å². The van der Waals surface area contributed by atoms with E-state index in [1.54, 1.807) is 0 Å². The van der Waals surface area contributed by atoms with Gasteiger partial charge in [-0.1, -0.05) is 19.9 Å². The molecule has 0 saturated heterocycles. The number of aryl methyl sites for hydroxylation is 2. The highest BCUT2D eigenvalue weighted by Gasteiger charge is 2.14. The normalized spacial score (nSPS) is 12.4. The molecular weight excluding hydrogens is 324 g/mol. The van der Waals surface area contributed by atoms with Crippen molar-refractivity contribution in [3.63, 3.8) is 0 Å². The monoisotopic (exact) mass is 348 g/mol. The fourth-order valence-electron chi connectivity index (χ4n) is 2.47. The molecule has 0 radical (unpaired) electrons. The first-order valence-corrected chi connectivity index (χ1v) is 8.42. The molecule has 0 atom stereocenters. The number of amides is 3. The van der Waals surface area contributed by atoms with E-state index in [1.807, 2.05) is 32.0 Å². The maximum absolute atomic E-state index is 11.6. The van der Waals surface area contributed by atoms with Crippen LogP contribution in [-0.4, -0.2) is 37.7 Å². The molecule has 0 saturated carbocycles. The molecule has 25 heavy (non-hydrogen) atoms. The third-order valence-corrected chi connectivity index (χ3v) is 3.71. The van der Waals surface area contributed by atoms with Crippen LogP contribution in [0, 0.1) is 5.92 Å². The summed E-state index contributed by atoms with van der Waals surface area (Å²) in [5.41, 5.74) is 2.57. The van der Waals surface area contributed by atoms with Crippen molar-refractivity contribution in [2.45, 2.75) is 33.1 Å². The fourth-order valence-corrected chi connectivity index (χ4v) is 2.47. The first-order chi connectivity index (χ1) is 11.9. The first-order valence-electron chi connectivity index (χ1n) is 8.42. The smallest absolute Gasteiger partial charge is 0.344 e. The summed E-state index contributed by atoms with van der Waals surface area (Å²) in [5.74, 6) is -0.476. The number of benzene rings is 1. The van der Waals surface area contributed by atoms with Crippen LogP contribution < -0.4 is 15.4 Å². The van der Waals surface area contributed by atoms with E-state index in [4.69, 9.17) is 9.47 Å². The van der Waals surface area contributed by atoms with Gasteiger partial charge in [0.1, 0.15) is 5.75 Å². The predicted molar refractivity (Wildman–Crippen MR) is 91.3 cm³/mol. The van der Waals surface area contributed by atoms with Crippen molar-refractivity contribution in [3.8, 4) is 5.75 Å². The number of nitrogens with one attached hydrogen (secondary N) is 2. The van der Waals surface area contributed by atoms with Gasteiger partial charge < -0.3 is 14.8 Å². The molecule has 1 aromatic rings. The largest absolute Gasteiger partial charge is 0.482 e. The highest BCUT2D eigenvalue weighted by molar-refractivity contribution is 5.95. The first kappa shape index (κ1) is 18.8. The van der Waals surface area contributed by atoms with Crippen molar-refractivity contribution in [2.75, 3.05) is 19.8 Å². The van der Waals surface area contributed by atoms with Gasteiger partial charge in [-0.05, 0) is 48.4 Å². The van der Waals surface area contributed by atoms with E-state index < -0.39 is 24.5 Å². The number of fused-ring (bicyclic) bond motifs is 1. The van der Waals surface area contributed by atoms with Gasteiger partial charge in [0.25, 0.3) is 5.91 Å². The van der Waals surface area contributed by atoms with E-state index in [0.29, 0.717) is 12.3 Å². The zero-order valence-electron chi connectivity index (χ0n) is 14.6. The number of imide groups is 1. The Labute approximate surface area is 147 Å². The molecule has 0 unspecified atom stereocenters. The second-order valence-electron chi connectivity index (χ2n) is 6.39. The number of rotatable bonds is 7. The standard InChI is InChI=1S/C18H24N2O5/c1-12(2)9-19-18(23)20-16(21)10-25-17(22)11-24-15-7-6-13-4-3-5-14(13)8-15/h6-8,12H,3-5,9-11H2,1-2H3,(H2,19,20,21,23). The number of ether oxygens (including phenoxy) is 2. The van der Waals surface area contributed by atoms with E-state index in [9.17, 15) is 14.4 Å². The Kier molecular flexibility index (Phi) is 6.80. The van der Waals surface area contributed by atoms with Gasteiger partial charge in [-0.15, -0.1) is 0 Å². The molecule has 136 valence electrons. The maximum Gasteiger partial charge on any atom is 0.344 e. The second kappa shape index (κ2) is 9.05. The van der Waals surface area contributed by atoms with Crippen LogP contribution in [0.5, 0.6) is 5.75 Å². The van der Waals surface area contributed by atoms with Crippen LogP contribution in [0.15, 0.2) is 18.2 Å². The summed E-state index contributed by atoms with van der Waals surface area (Å²) >= 11 is 0. The van der Waals surface area contributed by atoms with Crippen molar-refractivity contribution in [1.29, 1.82) is 0 Å². The number of carbonyl (C=O) groups is 3. The van der Waals surface area contributed by atoms with Crippen LogP contribution >= 0.6 is 0 Å². The Balaban J connectivity index is 1.65. The molecule has 0 fully saturated rings. The van der Waals surface area contributed by atoms with Gasteiger partial charge in [-0.25, -0.2) is 9.59 Å². The van der Waals surface area contributed by atoms with E-state index in [0.717, 1.165) is 19.3 Å². The minimum Gasteiger partial charge on any atom is -0.482 e. The fraction of sp³-hybridized carbons (Fsp3) is 0.500. The van der Waals surface area contributed by atoms with E-state index in [-0.39, 0.29) is 12.5 Å². The van der Waals surface area contributed by atoms with Crippen LogP contribution in [0.3, 0.4) is 0 Å². The molecule has 1 aliphatic rings. The SMILES string of the molecule is CC(C)CNC(=O)NC(=O)COC(=O)COc1ccc2c(c1)CCC2. The van der Waals surface area contributed by atoms with Crippen molar-refractivity contribution in [1.82, 2.24) is 10.6 Å². The molecule has 0 bridgehead atoms. The molecule has 2 N–H and O–H groups in total. The van der Waals surface area contributed by atoms with Crippen molar-refractivity contribution < 1.29 is 23.9 Å². The molecular formula is C18H24N2O5. The Hall–Kier alpha value is -2.57. The zero-order chi connectivity index (χ0) is 18.2. The molecule has 0 spiro atoms. The van der Waals surface area contributed by atoms with Gasteiger partial charge >= 0.3 is 12.0 Å². The molecule has 0 aliphatic heterocycles. The number of urea groups is 1. The Bertz CT molecular complexity index is 642. The highest BCUT2D eigenvalue weighted by Crippen LogP contribution is 2.25. The minimum atomic E-state index is -0.688. The van der Waals surface area contributed by atoms with Crippen LogP contribution in [0.25, 0.3) is 0 Å². The average molecular weight is 348 g/mol. The van der Waals surface area contributed by atoms with E-state index >= 15 is 0 Å². The third kappa shape index (κ3) is 6.45. The lowest BCUT2D eigenvalue weighted by atomic mass is 10.1. The number of hydrogen-bond acceptors (Lipinski definition) is 5. The quantitative estimate of drug-likeness (QED) is 0.730. The van der Waals surface area contributed by atoms with Crippen LogP contribution in [-0.2, 0) is 27.2 Å². The summed E-state index contributed by atoms with van der Waals surface area (Å²) in [6, 6.07) is 5.15. The third-order valence-electron chi connectivity index (χ3n) is 3.71. The summed E-state index contributed by atoms with van der Waals surface area (Å²) in [5, 5.41) is 4.62. The molecule has 2 rings (SSSR count). The Morgan fingerprint density at radius 2 is 1.88 bits per heavy atom. The summed E-state index contributed by atoms with van der Waals surface area (Å²) in [6.07, 6.45) is 3.24. The topological polar surface area (TPSA) is 93.7 Å². The van der Waals surface area contributed by atoms with E-state index in [2.05, 4.69) is 10.6 Å². The Morgan fingerprint density at radius 3 is 2.64 bits per heavy atom. The van der Waals surface area contributed by atoms with Gasteiger partial charge in [0.05, 0.1) is 0 Å². The molecule has 1 aliphatic carbocycles. The molecule has 3 amide bonds. The predicted octanol–water partition coefficient (Wildman–Crippen LogP) is 1.58. The Morgan fingerprint density at radius 1 is 1.12 bits per heavy atom. The molecule has 1 aromatic carbocycles. The van der Waals surface area contributed by atoms with Gasteiger partial charge in [-0.3, -0.25) is 10.1 Å². The summed E-state index contributed by atoms with van der Waals surface area (Å²) in [6.45, 7) is 3.51. The lowest BCUT2D eigenvalue weighted by Gasteiger charge is -2.10. The van der Waals surface area contributed by atoms with Crippen LogP contribution in [0.1, 0.15) is 31.4 Å². The minimum absolute atomic E-state index is 0.273. The van der Waals surface area contributed by atoms with Crippen molar-refractivity contribution in [3.05, 3.63) is 29.3 Å². The molecule has 0 aromatic heterocycles. The second-order valence-corrected chi connectivity index (χ2v) is 6.39. The van der Waals surface area contributed by atoms with E-state index in [1.165, 1.54) is 11.1 Å². The van der Waals surface area contributed by atoms with Crippen LogP contribution in [0.2, 0.25) is 0 Å². The van der Waals surface area contributed by atoms with Gasteiger partial charge in [0.2, 0.25) is 0 Å². The lowest BCUT2D eigenvalue weighted by Crippen LogP contribution is -2.42. The average Bonchev–Trinajstić information content (AvgIpc) is 3.04. The summed E-state index contributed by atoms with van der Waals surface area (Å²) < 4.78 is 10.2. The van der Waals surface area contributed by atoms with Gasteiger partial charge in [0.15, 0.2) is 13.2 Å². The van der Waals surface area contributed by atoms with Crippen LogP contribution in [0.4, 0.5) is 4.79 Å².